The number of morpholine rings is 1. The highest BCUT2D eigenvalue weighted by Gasteiger charge is 2.45. The smallest absolute Gasteiger partial charge is 0.410 e. The van der Waals surface area contributed by atoms with E-state index in [1.165, 1.54) is 0 Å². The van der Waals surface area contributed by atoms with Crippen molar-refractivity contribution < 1.29 is 28.5 Å². The molecule has 0 radical (unpaired) electrons. The van der Waals surface area contributed by atoms with Crippen LogP contribution in [0, 0.1) is 5.92 Å². The molecular weight excluding hydrogens is 398 g/mol. The Morgan fingerprint density at radius 2 is 1.55 bits per heavy atom. The highest BCUT2D eigenvalue weighted by Crippen LogP contribution is 2.38. The lowest BCUT2D eigenvalue weighted by Gasteiger charge is -2.47. The average Bonchev–Trinajstić information content (AvgIpc) is 2.81. The van der Waals surface area contributed by atoms with E-state index in [2.05, 4.69) is 0 Å². The molecule has 2 atom stereocenters. The van der Waals surface area contributed by atoms with E-state index in [9.17, 15) is 9.59 Å². The molecule has 2 saturated heterocycles. The van der Waals surface area contributed by atoms with Crippen LogP contribution in [-0.4, -0.2) is 56.3 Å². The summed E-state index contributed by atoms with van der Waals surface area (Å²) in [6.45, 7) is 1.00. The van der Waals surface area contributed by atoms with Crippen molar-refractivity contribution in [2.45, 2.75) is 31.5 Å². The van der Waals surface area contributed by atoms with Crippen molar-refractivity contribution in [1.82, 2.24) is 4.90 Å². The Balaban J connectivity index is 1.48. The van der Waals surface area contributed by atoms with Gasteiger partial charge in [-0.2, -0.15) is 0 Å². The van der Waals surface area contributed by atoms with Gasteiger partial charge < -0.3 is 18.9 Å². The van der Waals surface area contributed by atoms with Gasteiger partial charge in [-0.3, -0.25) is 9.69 Å². The second kappa shape index (κ2) is 9.39. The number of rotatable bonds is 6. The van der Waals surface area contributed by atoms with E-state index < -0.39 is 0 Å². The summed E-state index contributed by atoms with van der Waals surface area (Å²) in [4.78, 5) is 28.1. The predicted molar refractivity (Wildman–Crippen MR) is 113 cm³/mol. The molecule has 1 amide bonds. The first-order chi connectivity index (χ1) is 15.1. The number of nitrogens with zero attached hydrogens (tertiary/aromatic N) is 1. The van der Waals surface area contributed by atoms with Gasteiger partial charge in [0.15, 0.2) is 5.78 Å². The number of methoxy groups -OCH3 is 2. The molecule has 0 saturated carbocycles. The topological polar surface area (TPSA) is 74.3 Å². The largest absolute Gasteiger partial charge is 0.496 e. The summed E-state index contributed by atoms with van der Waals surface area (Å²) in [5.41, 5.74) is 1.39. The molecule has 4 rings (SSSR count). The summed E-state index contributed by atoms with van der Waals surface area (Å²) in [6, 6.07) is 14.5. The third kappa shape index (κ3) is 4.37. The van der Waals surface area contributed by atoms with Gasteiger partial charge in [0.25, 0.3) is 0 Å². The Kier molecular flexibility index (Phi) is 6.42. The van der Waals surface area contributed by atoms with E-state index in [1.807, 2.05) is 30.3 Å². The number of carbonyl (C=O) groups excluding carboxylic acids is 2. The molecule has 164 valence electrons. The fourth-order valence-corrected chi connectivity index (χ4v) is 4.52. The van der Waals surface area contributed by atoms with Crippen molar-refractivity contribution >= 4 is 11.9 Å². The van der Waals surface area contributed by atoms with Crippen LogP contribution >= 0.6 is 0 Å². The van der Waals surface area contributed by atoms with E-state index in [-0.39, 0.29) is 36.5 Å². The zero-order valence-electron chi connectivity index (χ0n) is 17.8. The van der Waals surface area contributed by atoms with Gasteiger partial charge >= 0.3 is 6.09 Å². The van der Waals surface area contributed by atoms with Gasteiger partial charge in [-0.05, 0) is 30.5 Å². The number of ether oxygens (including phenoxy) is 4. The summed E-state index contributed by atoms with van der Waals surface area (Å²) in [5, 5.41) is 0. The molecule has 2 fully saturated rings. The molecule has 0 spiro atoms. The molecule has 7 nitrogen and oxygen atoms in total. The SMILES string of the molecule is COc1cccc(OC)c1C(=O)C1CC2COCC(C1)N2C(=O)OCc1ccccc1. The van der Waals surface area contributed by atoms with E-state index in [4.69, 9.17) is 18.9 Å². The number of ketones is 1. The average molecular weight is 425 g/mol. The zero-order valence-corrected chi connectivity index (χ0v) is 17.8. The van der Waals surface area contributed by atoms with Gasteiger partial charge in [-0.15, -0.1) is 0 Å². The van der Waals surface area contributed by atoms with Crippen LogP contribution in [0.25, 0.3) is 0 Å². The molecule has 2 aromatic rings. The first-order valence-electron chi connectivity index (χ1n) is 10.4. The molecule has 2 heterocycles. The van der Waals surface area contributed by atoms with Crippen molar-refractivity contribution in [3.05, 3.63) is 59.7 Å². The number of Topliss-reactive ketones (excluding diaryl/α,β-unsaturated/α-hetero) is 1. The second-order valence-corrected chi connectivity index (χ2v) is 7.86. The van der Waals surface area contributed by atoms with E-state index in [0.717, 1.165) is 5.56 Å². The molecule has 7 heteroatoms. The van der Waals surface area contributed by atoms with Crippen LogP contribution < -0.4 is 9.47 Å². The maximum atomic E-state index is 13.4. The Morgan fingerprint density at radius 3 is 2.13 bits per heavy atom. The summed E-state index contributed by atoms with van der Waals surface area (Å²) >= 11 is 0. The lowest BCUT2D eigenvalue weighted by atomic mass is 9.80. The number of piperidine rings is 1. The maximum absolute atomic E-state index is 13.4. The van der Waals surface area contributed by atoms with Gasteiger partial charge in [-0.25, -0.2) is 4.79 Å². The highest BCUT2D eigenvalue weighted by atomic mass is 16.6. The monoisotopic (exact) mass is 425 g/mol. The minimum absolute atomic E-state index is 0.0245. The van der Waals surface area contributed by atoms with Crippen molar-refractivity contribution in [3.63, 3.8) is 0 Å². The Bertz CT molecular complexity index is 895. The number of carbonyl (C=O) groups is 2. The van der Waals surface area contributed by atoms with Crippen molar-refractivity contribution in [2.75, 3.05) is 27.4 Å². The van der Waals surface area contributed by atoms with Crippen LogP contribution in [0.3, 0.4) is 0 Å². The van der Waals surface area contributed by atoms with Gasteiger partial charge in [0.05, 0.1) is 39.5 Å². The molecule has 2 aromatic carbocycles. The maximum Gasteiger partial charge on any atom is 0.410 e. The van der Waals surface area contributed by atoms with Gasteiger partial charge in [0.1, 0.15) is 23.7 Å². The van der Waals surface area contributed by atoms with Crippen molar-refractivity contribution in [3.8, 4) is 11.5 Å². The Hall–Kier alpha value is -3.06. The molecule has 2 aliphatic heterocycles. The third-order valence-electron chi connectivity index (χ3n) is 5.98. The summed E-state index contributed by atoms with van der Waals surface area (Å²) in [6.07, 6.45) is 0.663. The number of fused-ring (bicyclic) bond motifs is 2. The second-order valence-electron chi connectivity index (χ2n) is 7.86. The van der Waals surface area contributed by atoms with Crippen molar-refractivity contribution in [1.29, 1.82) is 0 Å². The summed E-state index contributed by atoms with van der Waals surface area (Å²) in [7, 11) is 3.08. The van der Waals surface area contributed by atoms with Crippen LogP contribution in [0.15, 0.2) is 48.5 Å². The normalized spacial score (nSPS) is 22.5. The summed E-state index contributed by atoms with van der Waals surface area (Å²) in [5.74, 6) is 0.719. The lowest BCUT2D eigenvalue weighted by Crippen LogP contribution is -2.59. The Morgan fingerprint density at radius 1 is 0.935 bits per heavy atom. The Labute approximate surface area is 181 Å². The fraction of sp³-hybridized carbons (Fsp3) is 0.417. The first kappa shape index (κ1) is 21.2. The fourth-order valence-electron chi connectivity index (χ4n) is 4.52. The molecule has 0 aromatic heterocycles. The number of hydrogen-bond acceptors (Lipinski definition) is 6. The first-order valence-corrected chi connectivity index (χ1v) is 10.4. The third-order valence-corrected chi connectivity index (χ3v) is 5.98. The van der Waals surface area contributed by atoms with Crippen LogP contribution in [0.4, 0.5) is 4.79 Å². The van der Waals surface area contributed by atoms with Gasteiger partial charge in [0.2, 0.25) is 0 Å². The predicted octanol–water partition coefficient (Wildman–Crippen LogP) is 3.70. The lowest BCUT2D eigenvalue weighted by molar-refractivity contribution is -0.0755. The number of amides is 1. The molecule has 2 unspecified atom stereocenters. The van der Waals surface area contributed by atoms with Crippen molar-refractivity contribution in [2.24, 2.45) is 5.92 Å². The van der Waals surface area contributed by atoms with Gasteiger partial charge in [0, 0.05) is 5.92 Å². The highest BCUT2D eigenvalue weighted by molar-refractivity contribution is 6.03. The summed E-state index contributed by atoms with van der Waals surface area (Å²) < 4.78 is 22.1. The van der Waals surface area contributed by atoms with E-state index in [1.54, 1.807) is 37.3 Å². The van der Waals surface area contributed by atoms with Crippen LogP contribution in [-0.2, 0) is 16.1 Å². The van der Waals surface area contributed by atoms with Gasteiger partial charge in [-0.1, -0.05) is 36.4 Å². The molecule has 31 heavy (non-hydrogen) atoms. The minimum Gasteiger partial charge on any atom is -0.496 e. The number of hydrogen-bond donors (Lipinski definition) is 0. The van der Waals surface area contributed by atoms with E-state index >= 15 is 0 Å². The molecule has 0 aliphatic carbocycles. The van der Waals surface area contributed by atoms with Crippen LogP contribution in [0.5, 0.6) is 11.5 Å². The number of benzene rings is 2. The quantitative estimate of drug-likeness (QED) is 0.657. The standard InChI is InChI=1S/C24H27NO6/c1-28-20-9-6-10-21(29-2)22(20)23(26)17-11-18-14-30-15-19(12-17)25(18)24(27)31-13-16-7-4-3-5-8-16/h3-10,17-19H,11-15H2,1-2H3. The zero-order chi connectivity index (χ0) is 21.8. The van der Waals surface area contributed by atoms with E-state index in [0.29, 0.717) is 43.1 Å². The molecule has 2 aliphatic rings. The van der Waals surface area contributed by atoms with Crippen LogP contribution in [0.1, 0.15) is 28.8 Å². The molecule has 0 N–H and O–H groups in total. The minimum atomic E-state index is -0.358. The van der Waals surface area contributed by atoms with Crippen LogP contribution in [0.2, 0.25) is 0 Å². The molecule has 2 bridgehead atoms. The molecular formula is C24H27NO6.